The Kier molecular flexibility index (Phi) is 16.2. The van der Waals surface area contributed by atoms with Crippen LogP contribution in [0.2, 0.25) is 0 Å². The summed E-state index contributed by atoms with van der Waals surface area (Å²) in [5.41, 5.74) is 2.58. The van der Waals surface area contributed by atoms with Crippen molar-refractivity contribution in [3.05, 3.63) is 65.7 Å². The van der Waals surface area contributed by atoms with Crippen molar-refractivity contribution in [1.29, 1.82) is 0 Å². The average molecular weight is 692 g/mol. The topological polar surface area (TPSA) is 87.7 Å². The highest BCUT2D eigenvalue weighted by atomic mass is 16.5. The zero-order valence-electron chi connectivity index (χ0n) is 33.5. The Morgan fingerprint density at radius 2 is 1.32 bits per heavy atom. The molecule has 1 aliphatic rings. The number of nitrogens with one attached hydrogen (secondary N) is 2. The van der Waals surface area contributed by atoms with Crippen LogP contribution in [0.3, 0.4) is 0 Å². The number of hydrogen-bond acceptors (Lipinski definition) is 4. The van der Waals surface area contributed by atoms with Gasteiger partial charge in [-0.2, -0.15) is 0 Å². The Balaban J connectivity index is 0.000000407. The molecule has 0 saturated carbocycles. The number of rotatable bonds is 11. The molecule has 50 heavy (non-hydrogen) atoms. The van der Waals surface area contributed by atoms with Gasteiger partial charge in [-0.3, -0.25) is 9.59 Å². The zero-order valence-corrected chi connectivity index (χ0v) is 33.5. The van der Waals surface area contributed by atoms with Crippen molar-refractivity contribution in [2.75, 3.05) is 25.0 Å². The van der Waals surface area contributed by atoms with Crippen molar-refractivity contribution in [2.24, 2.45) is 21.7 Å². The van der Waals surface area contributed by atoms with Crippen molar-refractivity contribution >= 4 is 23.4 Å². The van der Waals surface area contributed by atoms with E-state index in [0.29, 0.717) is 41.9 Å². The van der Waals surface area contributed by atoms with Crippen LogP contribution in [0.5, 0.6) is 0 Å². The van der Waals surface area contributed by atoms with E-state index in [1.165, 1.54) is 12.8 Å². The summed E-state index contributed by atoms with van der Waals surface area (Å²) >= 11 is 0. The predicted octanol–water partition coefficient (Wildman–Crippen LogP) is 10.5. The van der Waals surface area contributed by atoms with Gasteiger partial charge in [-0.05, 0) is 78.0 Å². The molecule has 2 unspecified atom stereocenters. The fourth-order valence-electron chi connectivity index (χ4n) is 6.10. The van der Waals surface area contributed by atoms with Gasteiger partial charge >= 0.3 is 6.03 Å². The minimum atomic E-state index is -0.269. The molecule has 2 aromatic rings. The van der Waals surface area contributed by atoms with E-state index in [1.54, 1.807) is 36.4 Å². The molecule has 0 aromatic heterocycles. The van der Waals surface area contributed by atoms with E-state index < -0.39 is 0 Å². The third kappa shape index (κ3) is 16.2. The van der Waals surface area contributed by atoms with Gasteiger partial charge in [-0.1, -0.05) is 120 Å². The molecule has 0 radical (unpaired) electrons. The van der Waals surface area contributed by atoms with Crippen LogP contribution in [0.4, 0.5) is 10.5 Å². The molecule has 2 N–H and O–H groups in total. The molecule has 0 aliphatic carbocycles. The van der Waals surface area contributed by atoms with Crippen LogP contribution in [0.25, 0.3) is 0 Å². The normalized spacial score (nSPS) is 15.7. The second kappa shape index (κ2) is 18.9. The number of urea groups is 1. The first kappa shape index (κ1) is 43.0. The van der Waals surface area contributed by atoms with E-state index in [0.717, 1.165) is 38.6 Å². The van der Waals surface area contributed by atoms with Gasteiger partial charge in [0.2, 0.25) is 5.91 Å². The van der Waals surface area contributed by atoms with Crippen molar-refractivity contribution in [1.82, 2.24) is 10.2 Å². The largest absolute Gasteiger partial charge is 0.378 e. The smallest absolute Gasteiger partial charge is 0.319 e. The Labute approximate surface area is 304 Å². The van der Waals surface area contributed by atoms with E-state index in [-0.39, 0.29) is 39.6 Å². The molecule has 0 bridgehead atoms. The number of ketones is 1. The number of amides is 3. The fourth-order valence-corrected chi connectivity index (χ4v) is 6.10. The highest BCUT2D eigenvalue weighted by Crippen LogP contribution is 2.36. The fraction of sp³-hybridized carbons (Fsp3) is 0.651. The van der Waals surface area contributed by atoms with Gasteiger partial charge in [-0.15, -0.1) is 0 Å². The van der Waals surface area contributed by atoms with Crippen LogP contribution in [0.1, 0.15) is 144 Å². The maximum absolute atomic E-state index is 12.5. The maximum atomic E-state index is 12.5. The number of likely N-dealkylation sites (tertiary alicyclic amines) is 1. The molecule has 7 heteroatoms. The first-order valence-electron chi connectivity index (χ1n) is 18.7. The van der Waals surface area contributed by atoms with Crippen LogP contribution >= 0.6 is 0 Å². The lowest BCUT2D eigenvalue weighted by Crippen LogP contribution is -2.48. The maximum Gasteiger partial charge on any atom is 0.319 e. The van der Waals surface area contributed by atoms with E-state index in [4.69, 9.17) is 4.74 Å². The van der Waals surface area contributed by atoms with E-state index in [2.05, 4.69) is 98.6 Å². The predicted molar refractivity (Wildman–Crippen MR) is 209 cm³/mol. The molecule has 2 aromatic carbocycles. The number of benzene rings is 2. The summed E-state index contributed by atoms with van der Waals surface area (Å²) in [6, 6.07) is 16.1. The third-order valence-corrected chi connectivity index (χ3v) is 8.92. The second-order valence-corrected chi connectivity index (χ2v) is 18.5. The van der Waals surface area contributed by atoms with Gasteiger partial charge in [0.1, 0.15) is 0 Å². The summed E-state index contributed by atoms with van der Waals surface area (Å²) in [7, 11) is 0. The molecule has 1 fully saturated rings. The molecule has 2 atom stereocenters. The van der Waals surface area contributed by atoms with Gasteiger partial charge in [0.05, 0.1) is 6.10 Å². The van der Waals surface area contributed by atoms with Crippen molar-refractivity contribution in [2.45, 2.75) is 140 Å². The summed E-state index contributed by atoms with van der Waals surface area (Å²) in [5.74, 6) is 0.332. The van der Waals surface area contributed by atoms with Crippen LogP contribution < -0.4 is 10.6 Å². The lowest BCUT2D eigenvalue weighted by molar-refractivity contribution is -0.136. The Morgan fingerprint density at radius 3 is 1.86 bits per heavy atom. The van der Waals surface area contributed by atoms with E-state index in [9.17, 15) is 14.4 Å². The first-order valence-corrected chi connectivity index (χ1v) is 18.7. The minimum absolute atomic E-state index is 0.0402. The molecule has 3 amide bonds. The van der Waals surface area contributed by atoms with Crippen LogP contribution in [0.15, 0.2) is 54.6 Å². The second-order valence-electron chi connectivity index (χ2n) is 18.5. The van der Waals surface area contributed by atoms with Crippen LogP contribution in [-0.4, -0.2) is 54.5 Å². The van der Waals surface area contributed by atoms with Gasteiger partial charge in [0, 0.05) is 49.0 Å². The molecule has 3 rings (SSSR count). The summed E-state index contributed by atoms with van der Waals surface area (Å²) in [5, 5.41) is 5.66. The van der Waals surface area contributed by atoms with Crippen LogP contribution in [0, 0.1) is 21.7 Å². The Morgan fingerprint density at radius 1 is 0.740 bits per heavy atom. The quantitative estimate of drug-likeness (QED) is 0.181. The molecule has 0 spiro atoms. The first-order chi connectivity index (χ1) is 23.1. The SMILES string of the molecule is CC(C)(C)CC(N1CCCCCC1=O)C(C)(C)C.CC(C)(C)CC(OCCCNC(=O)Nc1ccc(C(=O)c2ccccc2)cc1)C(C)(C)C. The standard InChI is InChI=1S/C27H38N2O3.C16H31NO/c1-26(2,3)19-23(27(4,5)6)32-18-10-17-28-25(31)29-22-15-13-21(14-16-22)24(30)20-11-8-7-9-12-20;1-15(2,3)12-13(16(4,5)6)17-11-9-7-8-10-14(17)18/h7-9,11-16,23H,10,17-19H2,1-6H3,(H2,28,29,31);13H,7-12H2,1-6H3. The molecule has 1 aliphatic heterocycles. The average Bonchev–Trinajstić information content (AvgIpc) is 3.21. The summed E-state index contributed by atoms with van der Waals surface area (Å²) in [6.45, 7) is 29.0. The number of carbonyl (C=O) groups is 3. The minimum Gasteiger partial charge on any atom is -0.378 e. The number of carbonyl (C=O) groups excluding carboxylic acids is 3. The molecule has 7 nitrogen and oxygen atoms in total. The number of nitrogens with zero attached hydrogens (tertiary/aromatic N) is 1. The van der Waals surface area contributed by atoms with E-state index in [1.807, 2.05) is 18.2 Å². The van der Waals surface area contributed by atoms with Crippen molar-refractivity contribution < 1.29 is 19.1 Å². The van der Waals surface area contributed by atoms with Gasteiger partial charge < -0.3 is 20.3 Å². The van der Waals surface area contributed by atoms with Crippen molar-refractivity contribution in [3.63, 3.8) is 0 Å². The third-order valence-electron chi connectivity index (χ3n) is 8.92. The highest BCUT2D eigenvalue weighted by molar-refractivity contribution is 6.09. The Hall–Kier alpha value is -3.19. The number of anilines is 1. The summed E-state index contributed by atoms with van der Waals surface area (Å²) < 4.78 is 6.15. The highest BCUT2D eigenvalue weighted by Gasteiger charge is 2.36. The summed E-state index contributed by atoms with van der Waals surface area (Å²) in [4.78, 5) is 39.1. The van der Waals surface area contributed by atoms with Crippen LogP contribution in [-0.2, 0) is 9.53 Å². The zero-order chi connectivity index (χ0) is 37.8. The monoisotopic (exact) mass is 692 g/mol. The van der Waals surface area contributed by atoms with Crippen molar-refractivity contribution in [3.8, 4) is 0 Å². The molecule has 1 saturated heterocycles. The number of ether oxygens (including phenoxy) is 1. The molecule has 1 heterocycles. The molecule has 280 valence electrons. The van der Waals surface area contributed by atoms with Gasteiger partial charge in [0.25, 0.3) is 0 Å². The van der Waals surface area contributed by atoms with Gasteiger partial charge in [-0.25, -0.2) is 4.79 Å². The molecular weight excluding hydrogens is 622 g/mol. The van der Waals surface area contributed by atoms with E-state index >= 15 is 0 Å². The Bertz CT molecular complexity index is 1330. The lowest BCUT2D eigenvalue weighted by atomic mass is 9.76. The number of hydrogen-bond donors (Lipinski definition) is 2. The lowest BCUT2D eigenvalue weighted by Gasteiger charge is -2.43. The van der Waals surface area contributed by atoms with Gasteiger partial charge in [0.15, 0.2) is 5.78 Å². The molecular formula is C43H69N3O4. The summed E-state index contributed by atoms with van der Waals surface area (Å²) in [6.07, 6.45) is 7.19.